The van der Waals surface area contributed by atoms with Crippen LogP contribution in [-0.2, 0) is 4.79 Å². The highest BCUT2D eigenvalue weighted by Crippen LogP contribution is 2.32. The van der Waals surface area contributed by atoms with E-state index in [1.165, 1.54) is 12.3 Å². The van der Waals surface area contributed by atoms with Gasteiger partial charge in [-0.3, -0.25) is 9.79 Å². The number of carbonyl (C=O) groups excluding carboxylic acids is 1. The van der Waals surface area contributed by atoms with Crippen molar-refractivity contribution in [3.05, 3.63) is 41.2 Å². The van der Waals surface area contributed by atoms with Gasteiger partial charge in [-0.25, -0.2) is 9.37 Å². The van der Waals surface area contributed by atoms with Crippen LogP contribution in [0.3, 0.4) is 0 Å². The summed E-state index contributed by atoms with van der Waals surface area (Å²) in [4.78, 5) is 24.2. The van der Waals surface area contributed by atoms with Gasteiger partial charge in [-0.1, -0.05) is 52.8 Å². The van der Waals surface area contributed by atoms with Crippen LogP contribution < -0.4 is 10.2 Å². The molecule has 32 heavy (non-hydrogen) atoms. The normalized spacial score (nSPS) is 17.8. The molecule has 1 fully saturated rings. The van der Waals surface area contributed by atoms with E-state index < -0.39 is 11.9 Å². The minimum atomic E-state index is -0.591. The van der Waals surface area contributed by atoms with Crippen LogP contribution in [0.25, 0.3) is 5.83 Å². The van der Waals surface area contributed by atoms with Crippen molar-refractivity contribution in [3.63, 3.8) is 0 Å². The third kappa shape index (κ3) is 6.64. The predicted octanol–water partition coefficient (Wildman–Crippen LogP) is 6.34. The first-order valence-electron chi connectivity index (χ1n) is 11.3. The van der Waals surface area contributed by atoms with Crippen LogP contribution in [0.1, 0.15) is 72.8 Å². The van der Waals surface area contributed by atoms with E-state index in [0.717, 1.165) is 30.7 Å². The lowest BCUT2D eigenvalue weighted by Gasteiger charge is -2.26. The third-order valence-corrected chi connectivity index (χ3v) is 5.95. The Hall–Kier alpha value is -2.21. The van der Waals surface area contributed by atoms with Gasteiger partial charge in [-0.2, -0.15) is 0 Å². The van der Waals surface area contributed by atoms with Gasteiger partial charge in [0.15, 0.2) is 0 Å². The van der Waals surface area contributed by atoms with Crippen LogP contribution in [0.2, 0.25) is 5.02 Å². The first-order valence-corrected chi connectivity index (χ1v) is 11.7. The van der Waals surface area contributed by atoms with E-state index in [9.17, 15) is 9.18 Å². The minimum absolute atomic E-state index is 0.108. The number of nitrogens with one attached hydrogen (secondary N) is 1. The fourth-order valence-corrected chi connectivity index (χ4v) is 3.99. The number of carbonyl (C=O) groups is 1. The second-order valence-electron chi connectivity index (χ2n) is 9.34. The number of rotatable bonds is 8. The molecule has 1 saturated heterocycles. The Kier molecular flexibility index (Phi) is 9.02. The molecule has 1 unspecified atom stereocenters. The smallest absolute Gasteiger partial charge is 0.246 e. The molecule has 1 aromatic rings. The maximum absolute atomic E-state index is 13.4. The summed E-state index contributed by atoms with van der Waals surface area (Å²) >= 11 is 6.35. The Bertz CT molecular complexity index is 900. The minimum Gasteiger partial charge on any atom is -0.343 e. The van der Waals surface area contributed by atoms with Gasteiger partial charge in [0.05, 0.1) is 5.02 Å². The van der Waals surface area contributed by atoms with E-state index in [0.29, 0.717) is 23.8 Å². The zero-order valence-corrected chi connectivity index (χ0v) is 20.9. The van der Waals surface area contributed by atoms with Gasteiger partial charge < -0.3 is 10.2 Å². The zero-order valence-electron chi connectivity index (χ0n) is 20.1. The van der Waals surface area contributed by atoms with Gasteiger partial charge in [0.1, 0.15) is 17.7 Å². The van der Waals surface area contributed by atoms with E-state index in [1.54, 1.807) is 0 Å². The summed E-state index contributed by atoms with van der Waals surface area (Å²) in [5, 5.41) is 3.34. The summed E-state index contributed by atoms with van der Waals surface area (Å²) in [6.45, 7) is 16.5. The number of aliphatic imine (C=N–C) groups is 1. The molecular formula is C25H36ClFN4O. The maximum atomic E-state index is 13.4. The summed E-state index contributed by atoms with van der Waals surface area (Å²) < 4.78 is 13.4. The van der Waals surface area contributed by atoms with Crippen molar-refractivity contribution >= 4 is 34.9 Å². The predicted molar refractivity (Wildman–Crippen MR) is 133 cm³/mol. The van der Waals surface area contributed by atoms with Gasteiger partial charge in [0, 0.05) is 41.2 Å². The van der Waals surface area contributed by atoms with E-state index in [1.807, 2.05) is 17.9 Å². The van der Waals surface area contributed by atoms with E-state index in [-0.39, 0.29) is 22.9 Å². The largest absolute Gasteiger partial charge is 0.343 e. The SMILES string of the molecule is C=C(F)c1cnc(N2CCCC2C(=O)NC(C)=CC(=NC(CC)CC)C(C)(C)C)c(Cl)c1. The average Bonchev–Trinajstić information content (AvgIpc) is 3.19. The van der Waals surface area contributed by atoms with E-state index in [2.05, 4.69) is 51.5 Å². The molecule has 0 radical (unpaired) electrons. The highest BCUT2D eigenvalue weighted by Gasteiger charge is 2.33. The monoisotopic (exact) mass is 462 g/mol. The topological polar surface area (TPSA) is 57.6 Å². The van der Waals surface area contributed by atoms with E-state index in [4.69, 9.17) is 16.6 Å². The van der Waals surface area contributed by atoms with Crippen LogP contribution in [0.15, 0.2) is 35.6 Å². The van der Waals surface area contributed by atoms with Crippen molar-refractivity contribution in [1.29, 1.82) is 0 Å². The van der Waals surface area contributed by atoms with Crippen molar-refractivity contribution in [2.75, 3.05) is 11.4 Å². The summed E-state index contributed by atoms with van der Waals surface area (Å²) in [6, 6.07) is 1.37. The Morgan fingerprint density at radius 3 is 2.62 bits per heavy atom. The molecule has 0 spiro atoms. The lowest BCUT2D eigenvalue weighted by Crippen LogP contribution is -2.43. The molecule has 176 valence electrons. The fourth-order valence-electron chi connectivity index (χ4n) is 3.72. The molecule has 1 aliphatic heterocycles. The molecule has 0 aliphatic carbocycles. The molecule has 2 heterocycles. The number of allylic oxidation sites excluding steroid dienone is 2. The van der Waals surface area contributed by atoms with Crippen LogP contribution in [-0.4, -0.2) is 35.2 Å². The molecule has 7 heteroatoms. The van der Waals surface area contributed by atoms with Crippen molar-refractivity contribution in [3.8, 4) is 0 Å². The first-order chi connectivity index (χ1) is 15.0. The summed E-state index contributed by atoms with van der Waals surface area (Å²) in [5.41, 5.74) is 1.83. The Morgan fingerprint density at radius 1 is 1.44 bits per heavy atom. The number of hydrogen-bond donors (Lipinski definition) is 1. The Labute approximate surface area is 196 Å². The lowest BCUT2D eigenvalue weighted by molar-refractivity contribution is -0.121. The number of pyridine rings is 1. The highest BCUT2D eigenvalue weighted by molar-refractivity contribution is 6.33. The van der Waals surface area contributed by atoms with Gasteiger partial charge in [-0.15, -0.1) is 0 Å². The van der Waals surface area contributed by atoms with Crippen LogP contribution in [0.5, 0.6) is 0 Å². The molecule has 1 aromatic heterocycles. The third-order valence-electron chi connectivity index (χ3n) is 5.67. The van der Waals surface area contributed by atoms with Crippen molar-refractivity contribution in [2.45, 2.75) is 79.3 Å². The molecule has 1 N–H and O–H groups in total. The standard InChI is InChI=1S/C25H36ClFN4O/c1-8-19(9-2)30-22(25(5,6)7)13-16(3)29-24(32)21-11-10-12-31(21)23-20(26)14-18(15-28-23)17(4)27/h13-15,19,21H,4,8-12H2,1-3,5-7H3,(H,29,32). The molecule has 1 atom stereocenters. The molecule has 0 bridgehead atoms. The Balaban J connectivity index is 2.22. The lowest BCUT2D eigenvalue weighted by atomic mass is 9.88. The number of hydrogen-bond acceptors (Lipinski definition) is 4. The van der Waals surface area contributed by atoms with Gasteiger partial charge in [0.25, 0.3) is 0 Å². The molecule has 1 aliphatic rings. The first kappa shape index (κ1) is 26.0. The van der Waals surface area contributed by atoms with Crippen LogP contribution in [0, 0.1) is 5.41 Å². The summed E-state index contributed by atoms with van der Waals surface area (Å²) in [6.07, 6.45) is 6.88. The van der Waals surface area contributed by atoms with Crippen LogP contribution in [0.4, 0.5) is 10.2 Å². The summed E-state index contributed by atoms with van der Waals surface area (Å²) in [7, 11) is 0. The maximum Gasteiger partial charge on any atom is 0.246 e. The van der Waals surface area contributed by atoms with E-state index >= 15 is 0 Å². The molecule has 5 nitrogen and oxygen atoms in total. The average molecular weight is 463 g/mol. The number of halogens is 2. The number of aromatic nitrogens is 1. The molecular weight excluding hydrogens is 427 g/mol. The molecule has 1 amide bonds. The van der Waals surface area contributed by atoms with Crippen molar-refractivity contribution in [2.24, 2.45) is 10.4 Å². The second-order valence-corrected chi connectivity index (χ2v) is 9.74. The number of anilines is 1. The zero-order chi connectivity index (χ0) is 24.1. The van der Waals surface area contributed by atoms with Crippen molar-refractivity contribution < 1.29 is 9.18 Å². The van der Waals surface area contributed by atoms with Crippen LogP contribution >= 0.6 is 11.6 Å². The molecule has 0 aromatic carbocycles. The van der Waals surface area contributed by atoms with Crippen molar-refractivity contribution in [1.82, 2.24) is 10.3 Å². The van der Waals surface area contributed by atoms with Gasteiger partial charge >= 0.3 is 0 Å². The Morgan fingerprint density at radius 2 is 2.09 bits per heavy atom. The highest BCUT2D eigenvalue weighted by atomic mass is 35.5. The second kappa shape index (κ2) is 11.1. The molecule has 2 rings (SSSR count). The summed E-state index contributed by atoms with van der Waals surface area (Å²) in [5.74, 6) is -0.211. The molecule has 0 saturated carbocycles. The number of amides is 1. The number of nitrogens with zero attached hydrogens (tertiary/aromatic N) is 3. The van der Waals surface area contributed by atoms with Gasteiger partial charge in [0.2, 0.25) is 5.91 Å². The quantitative estimate of drug-likeness (QED) is 0.458. The van der Waals surface area contributed by atoms with Gasteiger partial charge in [-0.05, 0) is 44.7 Å². The fraction of sp³-hybridized carbons (Fsp3) is 0.560.